The lowest BCUT2D eigenvalue weighted by atomic mass is 9.98. The smallest absolute Gasteiger partial charge is 0.244 e. The largest absolute Gasteiger partial charge is 0.244 e. The third kappa shape index (κ3) is 3.17. The minimum atomic E-state index is -3.48. The van der Waals surface area contributed by atoms with Crippen LogP contribution in [-0.4, -0.2) is 30.8 Å². The highest BCUT2D eigenvalue weighted by Crippen LogP contribution is 2.24. The van der Waals surface area contributed by atoms with Crippen molar-refractivity contribution in [3.63, 3.8) is 0 Å². The SMILES string of the molecule is CCC1CCCN(S(=O)(=O)c2ccc(C#N)nc2)CC1. The van der Waals surface area contributed by atoms with Gasteiger partial charge in [0.2, 0.25) is 10.0 Å². The Labute approximate surface area is 120 Å². The maximum Gasteiger partial charge on any atom is 0.244 e. The van der Waals surface area contributed by atoms with Gasteiger partial charge < -0.3 is 0 Å². The summed E-state index contributed by atoms with van der Waals surface area (Å²) in [6.45, 7) is 3.29. The molecule has 1 aliphatic rings. The van der Waals surface area contributed by atoms with E-state index in [2.05, 4.69) is 11.9 Å². The topological polar surface area (TPSA) is 74.1 Å². The summed E-state index contributed by atoms with van der Waals surface area (Å²) < 4.78 is 26.6. The van der Waals surface area contributed by atoms with Crippen molar-refractivity contribution in [1.29, 1.82) is 5.26 Å². The van der Waals surface area contributed by atoms with E-state index in [0.29, 0.717) is 19.0 Å². The van der Waals surface area contributed by atoms with E-state index in [1.807, 2.05) is 6.07 Å². The fraction of sp³-hybridized carbons (Fsp3) is 0.571. The van der Waals surface area contributed by atoms with E-state index in [4.69, 9.17) is 5.26 Å². The van der Waals surface area contributed by atoms with Gasteiger partial charge in [-0.3, -0.25) is 0 Å². The van der Waals surface area contributed by atoms with Gasteiger partial charge >= 0.3 is 0 Å². The zero-order valence-corrected chi connectivity index (χ0v) is 12.4. The van der Waals surface area contributed by atoms with E-state index in [9.17, 15) is 8.42 Å². The lowest BCUT2D eigenvalue weighted by Gasteiger charge is -2.20. The van der Waals surface area contributed by atoms with Gasteiger partial charge in [0, 0.05) is 19.3 Å². The van der Waals surface area contributed by atoms with Crippen LogP contribution in [0.25, 0.3) is 0 Å². The molecule has 1 aromatic rings. The van der Waals surface area contributed by atoms with Crippen LogP contribution in [0.5, 0.6) is 0 Å². The lowest BCUT2D eigenvalue weighted by molar-refractivity contribution is 0.407. The Kier molecular flexibility index (Phi) is 4.73. The molecule has 2 rings (SSSR count). The minimum absolute atomic E-state index is 0.173. The van der Waals surface area contributed by atoms with Crippen molar-refractivity contribution in [2.45, 2.75) is 37.5 Å². The summed E-state index contributed by atoms with van der Waals surface area (Å²) in [6.07, 6.45) is 5.29. The molecule has 1 unspecified atom stereocenters. The number of nitrogens with zero attached hydrogens (tertiary/aromatic N) is 3. The van der Waals surface area contributed by atoms with Crippen molar-refractivity contribution in [2.24, 2.45) is 5.92 Å². The van der Waals surface area contributed by atoms with Crippen LogP contribution in [0.2, 0.25) is 0 Å². The molecule has 1 saturated heterocycles. The predicted molar refractivity (Wildman–Crippen MR) is 75.3 cm³/mol. The number of hydrogen-bond acceptors (Lipinski definition) is 4. The molecule has 108 valence electrons. The molecule has 0 saturated carbocycles. The lowest BCUT2D eigenvalue weighted by Crippen LogP contribution is -2.32. The van der Waals surface area contributed by atoms with E-state index in [0.717, 1.165) is 25.7 Å². The molecule has 1 fully saturated rings. The maximum absolute atomic E-state index is 12.5. The molecular weight excluding hydrogens is 274 g/mol. The van der Waals surface area contributed by atoms with Gasteiger partial charge in [-0.25, -0.2) is 13.4 Å². The number of nitriles is 1. The van der Waals surface area contributed by atoms with Crippen LogP contribution in [0.3, 0.4) is 0 Å². The summed E-state index contributed by atoms with van der Waals surface area (Å²) in [5.74, 6) is 0.620. The van der Waals surface area contributed by atoms with Crippen LogP contribution in [0.4, 0.5) is 0 Å². The highest BCUT2D eigenvalue weighted by molar-refractivity contribution is 7.89. The molecule has 2 heterocycles. The molecule has 0 spiro atoms. The van der Waals surface area contributed by atoms with Crippen LogP contribution in [-0.2, 0) is 10.0 Å². The monoisotopic (exact) mass is 293 g/mol. The van der Waals surface area contributed by atoms with Crippen molar-refractivity contribution in [2.75, 3.05) is 13.1 Å². The summed E-state index contributed by atoms with van der Waals surface area (Å²) in [7, 11) is -3.48. The standard InChI is InChI=1S/C14H19N3O2S/c1-2-12-4-3-8-17(9-7-12)20(18,19)14-6-5-13(10-15)16-11-14/h5-6,11-12H,2-4,7-9H2,1H3. The first-order chi connectivity index (χ1) is 9.57. The molecular formula is C14H19N3O2S. The molecule has 5 nitrogen and oxygen atoms in total. The van der Waals surface area contributed by atoms with Crippen LogP contribution in [0, 0.1) is 17.2 Å². The molecule has 1 aliphatic heterocycles. The maximum atomic E-state index is 12.5. The van der Waals surface area contributed by atoms with Gasteiger partial charge in [-0.15, -0.1) is 0 Å². The number of rotatable bonds is 3. The fourth-order valence-corrected chi connectivity index (χ4v) is 3.98. The second kappa shape index (κ2) is 6.33. The number of pyridine rings is 1. The van der Waals surface area contributed by atoms with E-state index in [-0.39, 0.29) is 10.6 Å². The van der Waals surface area contributed by atoms with Gasteiger partial charge in [0.25, 0.3) is 0 Å². The summed E-state index contributed by atoms with van der Waals surface area (Å²) >= 11 is 0. The molecule has 0 N–H and O–H groups in total. The minimum Gasteiger partial charge on any atom is -0.244 e. The zero-order valence-electron chi connectivity index (χ0n) is 11.6. The third-order valence-corrected chi connectivity index (χ3v) is 5.75. The van der Waals surface area contributed by atoms with Crippen LogP contribution >= 0.6 is 0 Å². The predicted octanol–water partition coefficient (Wildman–Crippen LogP) is 2.15. The quantitative estimate of drug-likeness (QED) is 0.856. The van der Waals surface area contributed by atoms with Gasteiger partial charge in [0.05, 0.1) is 0 Å². The number of sulfonamides is 1. The van der Waals surface area contributed by atoms with E-state index < -0.39 is 10.0 Å². The van der Waals surface area contributed by atoms with Crippen LogP contribution < -0.4 is 0 Å². The van der Waals surface area contributed by atoms with Gasteiger partial charge in [-0.05, 0) is 37.3 Å². The highest BCUT2D eigenvalue weighted by atomic mass is 32.2. The molecule has 0 bridgehead atoms. The third-order valence-electron chi connectivity index (χ3n) is 3.87. The molecule has 0 aromatic carbocycles. The molecule has 0 amide bonds. The second-order valence-electron chi connectivity index (χ2n) is 5.10. The van der Waals surface area contributed by atoms with Crippen molar-refractivity contribution in [1.82, 2.24) is 9.29 Å². The number of aromatic nitrogens is 1. The molecule has 20 heavy (non-hydrogen) atoms. The molecule has 0 aliphatic carbocycles. The highest BCUT2D eigenvalue weighted by Gasteiger charge is 2.27. The Bertz CT molecular complexity index is 590. The summed E-state index contributed by atoms with van der Waals surface area (Å²) in [5.41, 5.74) is 0.228. The van der Waals surface area contributed by atoms with Crippen molar-refractivity contribution in [3.8, 4) is 6.07 Å². The Morgan fingerprint density at radius 3 is 2.80 bits per heavy atom. The van der Waals surface area contributed by atoms with Gasteiger partial charge in [-0.1, -0.05) is 13.3 Å². The Morgan fingerprint density at radius 1 is 1.40 bits per heavy atom. The molecule has 1 atom stereocenters. The van der Waals surface area contributed by atoms with E-state index in [1.54, 1.807) is 4.31 Å². The van der Waals surface area contributed by atoms with Crippen LogP contribution in [0.15, 0.2) is 23.2 Å². The summed E-state index contributed by atoms with van der Waals surface area (Å²) in [6, 6.07) is 4.79. The van der Waals surface area contributed by atoms with Crippen molar-refractivity contribution in [3.05, 3.63) is 24.0 Å². The van der Waals surface area contributed by atoms with Crippen molar-refractivity contribution >= 4 is 10.0 Å². The Hall–Kier alpha value is -1.45. The normalized spacial score (nSPS) is 21.1. The van der Waals surface area contributed by atoms with Crippen LogP contribution in [0.1, 0.15) is 38.3 Å². The van der Waals surface area contributed by atoms with Gasteiger partial charge in [0.1, 0.15) is 16.7 Å². The Morgan fingerprint density at radius 2 is 2.20 bits per heavy atom. The van der Waals surface area contributed by atoms with Crippen molar-refractivity contribution < 1.29 is 8.42 Å². The summed E-state index contributed by atoms with van der Waals surface area (Å²) in [5, 5.41) is 8.70. The van der Waals surface area contributed by atoms with E-state index in [1.165, 1.54) is 18.3 Å². The Balaban J connectivity index is 2.19. The fourth-order valence-electron chi connectivity index (χ4n) is 2.54. The first-order valence-corrected chi connectivity index (χ1v) is 8.38. The average molecular weight is 293 g/mol. The first-order valence-electron chi connectivity index (χ1n) is 6.94. The molecule has 6 heteroatoms. The van der Waals surface area contributed by atoms with Gasteiger partial charge in [0.15, 0.2) is 0 Å². The zero-order chi connectivity index (χ0) is 14.6. The first kappa shape index (κ1) is 14.9. The van der Waals surface area contributed by atoms with E-state index >= 15 is 0 Å². The molecule has 1 aromatic heterocycles. The number of hydrogen-bond donors (Lipinski definition) is 0. The van der Waals surface area contributed by atoms with Gasteiger partial charge in [-0.2, -0.15) is 9.57 Å². The molecule has 0 radical (unpaired) electrons. The second-order valence-corrected chi connectivity index (χ2v) is 7.04. The summed E-state index contributed by atoms with van der Waals surface area (Å²) in [4.78, 5) is 4.02. The average Bonchev–Trinajstić information content (AvgIpc) is 2.73.